The summed E-state index contributed by atoms with van der Waals surface area (Å²) < 4.78 is 17.6. The van der Waals surface area contributed by atoms with Crippen molar-refractivity contribution < 1.29 is 4.57 Å². The maximum atomic E-state index is 15.4. The number of hydrogen-bond donors (Lipinski definition) is 0. The average molecular weight is 466 g/mol. The van der Waals surface area contributed by atoms with Gasteiger partial charge in [-0.05, 0) is 29.3 Å². The van der Waals surface area contributed by atoms with E-state index in [2.05, 4.69) is 41.0 Å². The summed E-state index contributed by atoms with van der Waals surface area (Å²) in [6, 6.07) is 40.3. The van der Waals surface area contributed by atoms with Gasteiger partial charge < -0.3 is 9.13 Å². The number of aromatic nitrogens is 1. The molecule has 164 valence electrons. The summed E-state index contributed by atoms with van der Waals surface area (Å²) in [5.41, 5.74) is 5.30. The van der Waals surface area contributed by atoms with E-state index in [1.807, 2.05) is 84.9 Å². The van der Waals surface area contributed by atoms with Crippen LogP contribution in [0, 0.1) is 11.3 Å². The van der Waals surface area contributed by atoms with Crippen LogP contribution in [0.3, 0.4) is 0 Å². The van der Waals surface area contributed by atoms with Gasteiger partial charge >= 0.3 is 0 Å². The zero-order valence-corrected chi connectivity index (χ0v) is 19.6. The molecule has 4 heteroatoms. The summed E-state index contributed by atoms with van der Waals surface area (Å²) in [7, 11) is -3.18. The molecule has 2 heterocycles. The highest BCUT2D eigenvalue weighted by atomic mass is 31.2. The third-order valence-electron chi connectivity index (χ3n) is 7.04. The number of para-hydroxylation sites is 2. The molecule has 0 saturated carbocycles. The highest BCUT2D eigenvalue weighted by molar-refractivity contribution is 7.86. The minimum atomic E-state index is -3.18. The van der Waals surface area contributed by atoms with Crippen molar-refractivity contribution in [3.63, 3.8) is 0 Å². The number of rotatable bonds is 2. The Labute approximate surface area is 202 Å². The SMILES string of the molecule is N#Cc1ccccc1-n1c2ccccc2c2ccc3c(c21)P(=O)(c1ccccc1)c1ccccc1-3. The Hall–Kier alpha value is -4.38. The van der Waals surface area contributed by atoms with Crippen LogP contribution >= 0.6 is 7.14 Å². The molecule has 3 nitrogen and oxygen atoms in total. The Morgan fingerprint density at radius 3 is 2.23 bits per heavy atom. The fourth-order valence-electron chi connectivity index (χ4n) is 5.59. The number of hydrogen-bond acceptors (Lipinski definition) is 2. The molecule has 5 aromatic carbocycles. The molecule has 1 aliphatic rings. The third kappa shape index (κ3) is 2.58. The first-order valence-corrected chi connectivity index (χ1v) is 13.3. The summed E-state index contributed by atoms with van der Waals surface area (Å²) in [5, 5.41) is 14.6. The lowest BCUT2D eigenvalue weighted by Crippen LogP contribution is -2.22. The first kappa shape index (κ1) is 20.0. The maximum Gasteiger partial charge on any atom is 0.174 e. The lowest BCUT2D eigenvalue weighted by molar-refractivity contribution is 0.593. The molecule has 0 fully saturated rings. The van der Waals surface area contributed by atoms with Gasteiger partial charge in [-0.15, -0.1) is 0 Å². The molecule has 0 bridgehead atoms. The second-order valence-corrected chi connectivity index (χ2v) is 11.5. The van der Waals surface area contributed by atoms with Crippen LogP contribution in [0.2, 0.25) is 0 Å². The van der Waals surface area contributed by atoms with Gasteiger partial charge in [0.2, 0.25) is 0 Å². The van der Waals surface area contributed by atoms with E-state index in [4.69, 9.17) is 0 Å². The van der Waals surface area contributed by atoms with E-state index < -0.39 is 7.14 Å². The van der Waals surface area contributed by atoms with Crippen molar-refractivity contribution >= 4 is 44.9 Å². The van der Waals surface area contributed by atoms with Crippen LogP contribution in [0.4, 0.5) is 0 Å². The standard InChI is InChI=1S/C31H19N2OP/c32-20-21-10-4-7-15-27(21)33-28-16-8-5-13-23(28)25-18-19-26-24-14-6-9-17-29(24)35(34,31(26)30(25)33)22-11-2-1-3-12-22/h1-19H. The van der Waals surface area contributed by atoms with Crippen LogP contribution in [0.15, 0.2) is 115 Å². The van der Waals surface area contributed by atoms with Crippen molar-refractivity contribution in [3.05, 3.63) is 121 Å². The molecular weight excluding hydrogens is 447 g/mol. The van der Waals surface area contributed by atoms with Crippen molar-refractivity contribution in [2.24, 2.45) is 0 Å². The van der Waals surface area contributed by atoms with E-state index in [1.165, 1.54) is 0 Å². The Morgan fingerprint density at radius 1 is 0.657 bits per heavy atom. The molecule has 0 spiro atoms. The minimum Gasteiger partial charge on any atom is -0.309 e. The molecule has 35 heavy (non-hydrogen) atoms. The predicted octanol–water partition coefficient (Wildman–Crippen LogP) is 6.28. The summed E-state index contributed by atoms with van der Waals surface area (Å²) in [5.74, 6) is 0. The van der Waals surface area contributed by atoms with Gasteiger partial charge in [0.05, 0.1) is 27.6 Å². The topological polar surface area (TPSA) is 45.8 Å². The van der Waals surface area contributed by atoms with E-state index in [1.54, 1.807) is 0 Å². The minimum absolute atomic E-state index is 0.581. The quantitative estimate of drug-likeness (QED) is 0.282. The predicted molar refractivity (Wildman–Crippen MR) is 144 cm³/mol. The van der Waals surface area contributed by atoms with Gasteiger partial charge in [-0.3, -0.25) is 0 Å². The maximum absolute atomic E-state index is 15.4. The fourth-order valence-corrected chi connectivity index (χ4v) is 8.84. The van der Waals surface area contributed by atoms with Crippen LogP contribution < -0.4 is 15.9 Å². The highest BCUT2D eigenvalue weighted by Gasteiger charge is 2.42. The summed E-state index contributed by atoms with van der Waals surface area (Å²) >= 11 is 0. The number of nitriles is 1. The van der Waals surface area contributed by atoms with Gasteiger partial charge in [0.15, 0.2) is 7.14 Å². The lowest BCUT2D eigenvalue weighted by Gasteiger charge is -2.19. The van der Waals surface area contributed by atoms with Crippen LogP contribution in [0.1, 0.15) is 5.56 Å². The third-order valence-corrected chi connectivity index (χ3v) is 10.2. The van der Waals surface area contributed by atoms with Crippen LogP contribution in [-0.2, 0) is 4.57 Å². The lowest BCUT2D eigenvalue weighted by atomic mass is 10.0. The molecule has 1 aliphatic heterocycles. The highest BCUT2D eigenvalue weighted by Crippen LogP contribution is 2.54. The second kappa shape index (κ2) is 7.31. The zero-order valence-electron chi connectivity index (χ0n) is 18.7. The number of nitrogens with zero attached hydrogens (tertiary/aromatic N) is 2. The Kier molecular flexibility index (Phi) is 4.18. The molecule has 0 N–H and O–H groups in total. The monoisotopic (exact) mass is 466 g/mol. The summed E-state index contributed by atoms with van der Waals surface area (Å²) in [6.45, 7) is 0. The zero-order chi connectivity index (χ0) is 23.6. The smallest absolute Gasteiger partial charge is 0.174 e. The first-order chi connectivity index (χ1) is 17.2. The summed E-state index contributed by atoms with van der Waals surface area (Å²) in [6.07, 6.45) is 0. The molecule has 6 aromatic rings. The Bertz CT molecular complexity index is 1890. The molecule has 0 amide bonds. The van der Waals surface area contributed by atoms with Crippen LogP contribution in [0.25, 0.3) is 38.6 Å². The van der Waals surface area contributed by atoms with Crippen LogP contribution in [0.5, 0.6) is 0 Å². The Morgan fingerprint density at radius 2 is 1.37 bits per heavy atom. The van der Waals surface area contributed by atoms with Gasteiger partial charge in [0.1, 0.15) is 6.07 Å². The van der Waals surface area contributed by atoms with Crippen molar-refractivity contribution in [1.29, 1.82) is 5.26 Å². The van der Waals surface area contributed by atoms with Crippen molar-refractivity contribution in [3.8, 4) is 22.9 Å². The molecule has 1 atom stereocenters. The first-order valence-electron chi connectivity index (χ1n) is 11.6. The number of benzene rings is 5. The molecule has 0 radical (unpaired) electrons. The fraction of sp³-hybridized carbons (Fsp3) is 0. The van der Waals surface area contributed by atoms with E-state index in [-0.39, 0.29) is 0 Å². The van der Waals surface area contributed by atoms with Crippen molar-refractivity contribution in [2.45, 2.75) is 0 Å². The summed E-state index contributed by atoms with van der Waals surface area (Å²) in [4.78, 5) is 0. The normalized spacial score (nSPS) is 16.2. The molecule has 0 aliphatic carbocycles. The molecular formula is C31H19N2OP. The van der Waals surface area contributed by atoms with Crippen molar-refractivity contribution in [1.82, 2.24) is 4.57 Å². The van der Waals surface area contributed by atoms with Crippen LogP contribution in [-0.4, -0.2) is 4.57 Å². The van der Waals surface area contributed by atoms with E-state index in [9.17, 15) is 5.26 Å². The van der Waals surface area contributed by atoms with E-state index in [0.29, 0.717) is 5.56 Å². The molecule has 0 saturated heterocycles. The molecule has 1 aromatic heterocycles. The van der Waals surface area contributed by atoms with Gasteiger partial charge in [-0.2, -0.15) is 5.26 Å². The van der Waals surface area contributed by atoms with Gasteiger partial charge in [0.25, 0.3) is 0 Å². The van der Waals surface area contributed by atoms with Gasteiger partial charge in [-0.1, -0.05) is 97.1 Å². The second-order valence-electron chi connectivity index (χ2n) is 8.80. The Balaban J connectivity index is 1.75. The van der Waals surface area contributed by atoms with Crippen molar-refractivity contribution in [2.75, 3.05) is 0 Å². The largest absolute Gasteiger partial charge is 0.309 e. The van der Waals surface area contributed by atoms with Gasteiger partial charge in [0, 0.05) is 21.4 Å². The molecule has 1 unspecified atom stereocenters. The van der Waals surface area contributed by atoms with E-state index >= 15 is 4.57 Å². The van der Waals surface area contributed by atoms with E-state index in [0.717, 1.165) is 54.5 Å². The van der Waals surface area contributed by atoms with Gasteiger partial charge in [-0.25, -0.2) is 0 Å². The molecule has 7 rings (SSSR count). The number of fused-ring (bicyclic) bond motifs is 7. The average Bonchev–Trinajstić information content (AvgIpc) is 3.40.